The van der Waals surface area contributed by atoms with E-state index in [1.165, 1.54) is 24.3 Å². The smallest absolute Gasteiger partial charge is 0.416 e. The maximum atomic E-state index is 13.3. The van der Waals surface area contributed by atoms with Gasteiger partial charge in [-0.1, -0.05) is 12.1 Å². The van der Waals surface area contributed by atoms with Gasteiger partial charge in [0, 0.05) is 39.3 Å². The number of halogens is 4. The molecule has 1 aliphatic heterocycles. The van der Waals surface area contributed by atoms with Gasteiger partial charge in [0.1, 0.15) is 24.3 Å². The van der Waals surface area contributed by atoms with Crippen molar-refractivity contribution in [2.45, 2.75) is 18.8 Å². The van der Waals surface area contributed by atoms with Crippen molar-refractivity contribution in [3.05, 3.63) is 65.5 Å². The number of piperazine rings is 1. The van der Waals surface area contributed by atoms with Crippen LogP contribution in [0.4, 0.5) is 17.6 Å². The fourth-order valence-electron chi connectivity index (χ4n) is 3.31. The third kappa shape index (κ3) is 6.69. The molecule has 0 radical (unpaired) electrons. The Morgan fingerprint density at radius 1 is 0.966 bits per heavy atom. The first-order valence-electron chi connectivity index (χ1n) is 9.47. The fourth-order valence-corrected chi connectivity index (χ4v) is 3.31. The molecule has 2 aromatic rings. The maximum Gasteiger partial charge on any atom is 0.416 e. The Bertz CT molecular complexity index is 775. The minimum atomic E-state index is -4.38. The number of ether oxygens (including phenoxy) is 1. The van der Waals surface area contributed by atoms with Gasteiger partial charge in [0.25, 0.3) is 0 Å². The van der Waals surface area contributed by atoms with Gasteiger partial charge in [-0.2, -0.15) is 13.2 Å². The van der Waals surface area contributed by atoms with E-state index in [1.54, 1.807) is 6.07 Å². The Labute approximate surface area is 167 Å². The molecule has 1 N–H and O–H groups in total. The number of alkyl halides is 3. The minimum Gasteiger partial charge on any atom is -0.491 e. The van der Waals surface area contributed by atoms with Crippen molar-refractivity contribution in [3.8, 4) is 5.75 Å². The van der Waals surface area contributed by atoms with Crippen LogP contribution in [0.15, 0.2) is 48.5 Å². The summed E-state index contributed by atoms with van der Waals surface area (Å²) in [6.45, 7) is 4.28. The van der Waals surface area contributed by atoms with E-state index in [0.717, 1.165) is 43.9 Å². The number of β-amino-alcohol motifs (C(OH)–C–C–N with tert-alkyl or cyclic N) is 1. The number of aliphatic hydroxyl groups is 1. The van der Waals surface area contributed by atoms with Crippen LogP contribution in [0.3, 0.4) is 0 Å². The van der Waals surface area contributed by atoms with Crippen LogP contribution in [0.5, 0.6) is 5.75 Å². The Kier molecular flexibility index (Phi) is 7.10. The molecular weight excluding hydrogens is 388 g/mol. The van der Waals surface area contributed by atoms with Crippen LogP contribution >= 0.6 is 0 Å². The molecule has 3 rings (SSSR count). The number of benzene rings is 2. The highest BCUT2D eigenvalue weighted by Crippen LogP contribution is 2.30. The molecule has 1 heterocycles. The first-order chi connectivity index (χ1) is 13.8. The van der Waals surface area contributed by atoms with Crippen LogP contribution in [0, 0.1) is 5.82 Å². The van der Waals surface area contributed by atoms with Gasteiger partial charge in [-0.05, 0) is 42.0 Å². The van der Waals surface area contributed by atoms with Crippen LogP contribution in [-0.4, -0.2) is 60.3 Å². The van der Waals surface area contributed by atoms with Crippen molar-refractivity contribution in [1.82, 2.24) is 9.80 Å². The van der Waals surface area contributed by atoms with Gasteiger partial charge in [-0.3, -0.25) is 9.80 Å². The second-order valence-electron chi connectivity index (χ2n) is 7.19. The standard InChI is InChI=1S/C21H24F4N2O2/c22-18-3-1-2-16(12-18)13-26-8-10-27(11-9-26)14-19(28)15-29-20-6-4-17(5-7-20)21(23,24)25/h1-7,12,19,28H,8-11,13-15H2/t19-/m0/s1. The number of aliphatic hydroxyl groups excluding tert-OH is 1. The molecule has 0 bridgehead atoms. The Hall–Kier alpha value is -2.16. The van der Waals surface area contributed by atoms with E-state index in [4.69, 9.17) is 4.74 Å². The predicted octanol–water partition coefficient (Wildman–Crippen LogP) is 3.40. The number of hydrogen-bond acceptors (Lipinski definition) is 4. The predicted molar refractivity (Wildman–Crippen MR) is 101 cm³/mol. The summed E-state index contributed by atoms with van der Waals surface area (Å²) < 4.78 is 56.3. The zero-order chi connectivity index (χ0) is 20.9. The van der Waals surface area contributed by atoms with Crippen molar-refractivity contribution in [2.75, 3.05) is 39.3 Å². The molecule has 29 heavy (non-hydrogen) atoms. The largest absolute Gasteiger partial charge is 0.491 e. The molecule has 1 aliphatic rings. The summed E-state index contributed by atoms with van der Waals surface area (Å²) in [4.78, 5) is 4.35. The summed E-state index contributed by atoms with van der Waals surface area (Å²) in [5.41, 5.74) is 0.199. The summed E-state index contributed by atoms with van der Waals surface area (Å²) in [5.74, 6) is 0.0502. The van der Waals surface area contributed by atoms with Gasteiger partial charge in [0.05, 0.1) is 5.56 Å². The topological polar surface area (TPSA) is 35.9 Å². The third-order valence-corrected chi connectivity index (χ3v) is 4.85. The Morgan fingerprint density at radius 3 is 2.24 bits per heavy atom. The molecule has 1 atom stereocenters. The van der Waals surface area contributed by atoms with E-state index in [0.29, 0.717) is 13.1 Å². The average molecular weight is 412 g/mol. The van der Waals surface area contributed by atoms with Crippen LogP contribution in [0.1, 0.15) is 11.1 Å². The zero-order valence-electron chi connectivity index (χ0n) is 15.9. The lowest BCUT2D eigenvalue weighted by Gasteiger charge is -2.35. The molecule has 0 aliphatic carbocycles. The van der Waals surface area contributed by atoms with Gasteiger partial charge in [-0.25, -0.2) is 4.39 Å². The van der Waals surface area contributed by atoms with Gasteiger partial charge >= 0.3 is 6.18 Å². The average Bonchev–Trinajstić information content (AvgIpc) is 2.68. The highest BCUT2D eigenvalue weighted by atomic mass is 19.4. The number of rotatable bonds is 7. The van der Waals surface area contributed by atoms with E-state index >= 15 is 0 Å². The van der Waals surface area contributed by atoms with E-state index in [-0.39, 0.29) is 18.2 Å². The minimum absolute atomic E-state index is 0.00880. The highest BCUT2D eigenvalue weighted by molar-refractivity contribution is 5.28. The molecule has 0 aromatic heterocycles. The Morgan fingerprint density at radius 2 is 1.62 bits per heavy atom. The third-order valence-electron chi connectivity index (χ3n) is 4.85. The lowest BCUT2D eigenvalue weighted by molar-refractivity contribution is -0.137. The van der Waals surface area contributed by atoms with Gasteiger partial charge in [-0.15, -0.1) is 0 Å². The van der Waals surface area contributed by atoms with Crippen LogP contribution in [0.2, 0.25) is 0 Å². The van der Waals surface area contributed by atoms with Crippen LogP contribution in [0.25, 0.3) is 0 Å². The summed E-state index contributed by atoms with van der Waals surface area (Å²) in [5, 5.41) is 10.2. The fraction of sp³-hybridized carbons (Fsp3) is 0.429. The summed E-state index contributed by atoms with van der Waals surface area (Å²) in [6.07, 6.45) is -5.12. The van der Waals surface area contributed by atoms with Crippen molar-refractivity contribution in [3.63, 3.8) is 0 Å². The van der Waals surface area contributed by atoms with Crippen LogP contribution < -0.4 is 4.74 Å². The first kappa shape index (κ1) is 21.5. The summed E-state index contributed by atoms with van der Waals surface area (Å²) in [6, 6.07) is 11.0. The monoisotopic (exact) mass is 412 g/mol. The summed E-state index contributed by atoms with van der Waals surface area (Å²) >= 11 is 0. The second kappa shape index (κ2) is 9.56. The lowest BCUT2D eigenvalue weighted by atomic mass is 10.2. The second-order valence-corrected chi connectivity index (χ2v) is 7.19. The molecule has 1 saturated heterocycles. The van der Waals surface area contributed by atoms with Crippen molar-refractivity contribution in [1.29, 1.82) is 0 Å². The summed E-state index contributed by atoms with van der Waals surface area (Å²) in [7, 11) is 0. The number of nitrogens with zero attached hydrogens (tertiary/aromatic N) is 2. The maximum absolute atomic E-state index is 13.3. The number of hydrogen-bond donors (Lipinski definition) is 1. The quantitative estimate of drug-likeness (QED) is 0.708. The van der Waals surface area contributed by atoms with Crippen LogP contribution in [-0.2, 0) is 12.7 Å². The molecule has 0 saturated carbocycles. The highest BCUT2D eigenvalue weighted by Gasteiger charge is 2.30. The van der Waals surface area contributed by atoms with E-state index in [1.807, 2.05) is 6.07 Å². The zero-order valence-corrected chi connectivity index (χ0v) is 15.9. The van der Waals surface area contributed by atoms with Gasteiger partial charge in [0.15, 0.2) is 0 Å². The SMILES string of the molecule is O[C@H](COc1ccc(C(F)(F)F)cc1)CN1CCN(Cc2cccc(F)c2)CC1. The molecule has 4 nitrogen and oxygen atoms in total. The molecule has 2 aromatic carbocycles. The molecule has 1 fully saturated rings. The normalized spacial score (nSPS) is 17.3. The van der Waals surface area contributed by atoms with E-state index < -0.39 is 17.8 Å². The lowest BCUT2D eigenvalue weighted by Crippen LogP contribution is -2.48. The molecule has 8 heteroatoms. The molecule has 158 valence electrons. The van der Waals surface area contributed by atoms with Gasteiger partial charge in [0.2, 0.25) is 0 Å². The molecular formula is C21H24F4N2O2. The van der Waals surface area contributed by atoms with E-state index in [2.05, 4.69) is 9.80 Å². The molecule has 0 amide bonds. The van der Waals surface area contributed by atoms with Crippen molar-refractivity contribution >= 4 is 0 Å². The first-order valence-corrected chi connectivity index (χ1v) is 9.47. The Balaban J connectivity index is 1.38. The molecule has 0 unspecified atom stereocenters. The van der Waals surface area contributed by atoms with Gasteiger partial charge < -0.3 is 9.84 Å². The van der Waals surface area contributed by atoms with Crippen molar-refractivity contribution < 1.29 is 27.4 Å². The molecule has 0 spiro atoms. The van der Waals surface area contributed by atoms with E-state index in [9.17, 15) is 22.7 Å². The van der Waals surface area contributed by atoms with Crippen molar-refractivity contribution in [2.24, 2.45) is 0 Å².